The Kier molecular flexibility index (Phi) is 6.17. The van der Waals surface area contributed by atoms with Gasteiger partial charge in [-0.25, -0.2) is 0 Å². The topological polar surface area (TPSA) is 58.6 Å². The lowest BCUT2D eigenvalue weighted by molar-refractivity contribution is -0.120. The van der Waals surface area contributed by atoms with E-state index < -0.39 is 0 Å². The summed E-state index contributed by atoms with van der Waals surface area (Å²) in [5, 5.41) is 2.87. The summed E-state index contributed by atoms with van der Waals surface area (Å²) < 4.78 is 5.57. The van der Waals surface area contributed by atoms with Gasteiger partial charge in [0.05, 0.1) is 12.3 Å². The Morgan fingerprint density at radius 2 is 1.84 bits per heavy atom. The first-order valence-electron chi connectivity index (χ1n) is 8.29. The predicted molar refractivity (Wildman–Crippen MR) is 100 cm³/mol. The Morgan fingerprint density at radius 3 is 2.48 bits per heavy atom. The molecular formula is C20H24N2O3. The third-order valence-corrected chi connectivity index (χ3v) is 3.79. The normalized spacial score (nSPS) is 10.2. The minimum Gasteiger partial charge on any atom is -0.492 e. The van der Waals surface area contributed by atoms with Crippen LogP contribution in [-0.4, -0.2) is 25.0 Å². The molecule has 0 aliphatic heterocycles. The number of amides is 2. The van der Waals surface area contributed by atoms with Gasteiger partial charge in [-0.2, -0.15) is 0 Å². The number of benzene rings is 2. The van der Waals surface area contributed by atoms with Crippen LogP contribution in [0.2, 0.25) is 0 Å². The van der Waals surface area contributed by atoms with Gasteiger partial charge in [0, 0.05) is 12.6 Å². The SMILES string of the molecule is CCOc1ccccc1N(CC(=O)Nc1ccc(C)cc1C)C(C)=O. The second kappa shape index (κ2) is 8.33. The lowest BCUT2D eigenvalue weighted by atomic mass is 10.1. The fourth-order valence-electron chi connectivity index (χ4n) is 2.61. The van der Waals surface area contributed by atoms with Crippen molar-refractivity contribution in [1.82, 2.24) is 0 Å². The Labute approximate surface area is 148 Å². The zero-order valence-electron chi connectivity index (χ0n) is 15.1. The van der Waals surface area contributed by atoms with E-state index in [2.05, 4.69) is 5.32 Å². The molecule has 2 amide bonds. The van der Waals surface area contributed by atoms with E-state index in [-0.39, 0.29) is 18.4 Å². The number of carbonyl (C=O) groups excluding carboxylic acids is 2. The molecule has 0 spiro atoms. The maximum atomic E-state index is 12.5. The van der Waals surface area contributed by atoms with E-state index in [0.29, 0.717) is 18.0 Å². The number of anilines is 2. The minimum atomic E-state index is -0.256. The summed E-state index contributed by atoms with van der Waals surface area (Å²) >= 11 is 0. The van der Waals surface area contributed by atoms with E-state index in [1.165, 1.54) is 11.8 Å². The maximum absolute atomic E-state index is 12.5. The summed E-state index contributed by atoms with van der Waals surface area (Å²) in [6.07, 6.45) is 0. The third-order valence-electron chi connectivity index (χ3n) is 3.79. The van der Waals surface area contributed by atoms with E-state index >= 15 is 0 Å². The highest BCUT2D eigenvalue weighted by atomic mass is 16.5. The van der Waals surface area contributed by atoms with Crippen molar-refractivity contribution in [3.05, 3.63) is 53.6 Å². The largest absolute Gasteiger partial charge is 0.492 e. The number of hydrogen-bond donors (Lipinski definition) is 1. The standard InChI is InChI=1S/C20H24N2O3/c1-5-25-19-9-7-6-8-18(19)22(16(4)23)13-20(24)21-17-11-10-14(2)12-15(17)3/h6-12H,5,13H2,1-4H3,(H,21,24). The van der Waals surface area contributed by atoms with Gasteiger partial charge in [0.15, 0.2) is 0 Å². The number of carbonyl (C=O) groups is 2. The van der Waals surface area contributed by atoms with Crippen LogP contribution in [0, 0.1) is 13.8 Å². The second-order valence-electron chi connectivity index (χ2n) is 5.87. The van der Waals surface area contributed by atoms with Crippen LogP contribution in [0.1, 0.15) is 25.0 Å². The molecule has 0 bridgehead atoms. The number of nitrogens with zero attached hydrogens (tertiary/aromatic N) is 1. The van der Waals surface area contributed by atoms with Crippen LogP contribution >= 0.6 is 0 Å². The van der Waals surface area contributed by atoms with Gasteiger partial charge in [0.2, 0.25) is 11.8 Å². The van der Waals surface area contributed by atoms with Crippen molar-refractivity contribution in [2.45, 2.75) is 27.7 Å². The lowest BCUT2D eigenvalue weighted by Crippen LogP contribution is -2.37. The molecule has 0 aromatic heterocycles. The summed E-state index contributed by atoms with van der Waals surface area (Å²) in [7, 11) is 0. The number of ether oxygens (including phenoxy) is 1. The monoisotopic (exact) mass is 340 g/mol. The third kappa shape index (κ3) is 4.83. The quantitative estimate of drug-likeness (QED) is 0.872. The van der Waals surface area contributed by atoms with Crippen LogP contribution in [0.3, 0.4) is 0 Å². The fourth-order valence-corrected chi connectivity index (χ4v) is 2.61. The molecule has 25 heavy (non-hydrogen) atoms. The first-order chi connectivity index (χ1) is 11.9. The summed E-state index contributed by atoms with van der Waals surface area (Å²) in [5.74, 6) is 0.107. The Bertz CT molecular complexity index is 771. The molecule has 2 aromatic carbocycles. The summed E-state index contributed by atoms with van der Waals surface area (Å²) in [5.41, 5.74) is 3.45. The second-order valence-corrected chi connectivity index (χ2v) is 5.87. The predicted octanol–water partition coefficient (Wildman–Crippen LogP) is 3.69. The van der Waals surface area contributed by atoms with Gasteiger partial charge in [-0.05, 0) is 44.5 Å². The van der Waals surface area contributed by atoms with E-state index in [1.807, 2.05) is 51.1 Å². The fraction of sp³-hybridized carbons (Fsp3) is 0.300. The molecule has 0 unspecified atom stereocenters. The molecule has 0 atom stereocenters. The molecule has 5 nitrogen and oxygen atoms in total. The van der Waals surface area contributed by atoms with Crippen LogP contribution in [0.4, 0.5) is 11.4 Å². The highest BCUT2D eigenvalue weighted by molar-refractivity contribution is 6.02. The number of para-hydroxylation sites is 2. The van der Waals surface area contributed by atoms with Gasteiger partial charge in [0.25, 0.3) is 0 Å². The average molecular weight is 340 g/mol. The number of hydrogen-bond acceptors (Lipinski definition) is 3. The smallest absolute Gasteiger partial charge is 0.244 e. The molecule has 0 saturated heterocycles. The minimum absolute atomic E-state index is 0.0766. The van der Waals surface area contributed by atoms with Crippen LogP contribution in [0.15, 0.2) is 42.5 Å². The van der Waals surface area contributed by atoms with Crippen molar-refractivity contribution in [3.8, 4) is 5.75 Å². The maximum Gasteiger partial charge on any atom is 0.244 e. The zero-order chi connectivity index (χ0) is 18.4. The Balaban J connectivity index is 2.19. The summed E-state index contributed by atoms with van der Waals surface area (Å²) in [6.45, 7) is 7.66. The van der Waals surface area contributed by atoms with Gasteiger partial charge in [-0.3, -0.25) is 14.5 Å². The molecule has 0 saturated carbocycles. The van der Waals surface area contributed by atoms with Crippen LogP contribution in [-0.2, 0) is 9.59 Å². The highest BCUT2D eigenvalue weighted by Gasteiger charge is 2.19. The molecule has 0 radical (unpaired) electrons. The average Bonchev–Trinajstić information content (AvgIpc) is 2.56. The van der Waals surface area contributed by atoms with Crippen molar-refractivity contribution < 1.29 is 14.3 Å². The molecule has 0 heterocycles. The molecule has 0 aliphatic rings. The molecule has 5 heteroatoms. The van der Waals surface area contributed by atoms with E-state index in [4.69, 9.17) is 4.74 Å². The number of nitrogens with one attached hydrogen (secondary N) is 1. The van der Waals surface area contributed by atoms with Crippen molar-refractivity contribution in [1.29, 1.82) is 0 Å². The zero-order valence-corrected chi connectivity index (χ0v) is 15.1. The Morgan fingerprint density at radius 1 is 1.12 bits per heavy atom. The Hall–Kier alpha value is -2.82. The van der Waals surface area contributed by atoms with Crippen molar-refractivity contribution >= 4 is 23.2 Å². The number of rotatable bonds is 6. The molecule has 0 aliphatic carbocycles. The van der Waals surface area contributed by atoms with Crippen LogP contribution < -0.4 is 15.0 Å². The molecule has 132 valence electrons. The van der Waals surface area contributed by atoms with Crippen molar-refractivity contribution in [3.63, 3.8) is 0 Å². The van der Waals surface area contributed by atoms with Crippen LogP contribution in [0.5, 0.6) is 5.75 Å². The lowest BCUT2D eigenvalue weighted by Gasteiger charge is -2.23. The molecular weight excluding hydrogens is 316 g/mol. The van der Waals surface area contributed by atoms with Crippen molar-refractivity contribution in [2.75, 3.05) is 23.4 Å². The first kappa shape index (κ1) is 18.5. The molecule has 1 N–H and O–H groups in total. The summed E-state index contributed by atoms with van der Waals surface area (Å²) in [6, 6.07) is 13.0. The van der Waals surface area contributed by atoms with E-state index in [1.54, 1.807) is 12.1 Å². The van der Waals surface area contributed by atoms with Gasteiger partial charge < -0.3 is 10.1 Å². The van der Waals surface area contributed by atoms with Crippen LogP contribution in [0.25, 0.3) is 0 Å². The van der Waals surface area contributed by atoms with Gasteiger partial charge >= 0.3 is 0 Å². The highest BCUT2D eigenvalue weighted by Crippen LogP contribution is 2.28. The molecule has 0 fully saturated rings. The van der Waals surface area contributed by atoms with Gasteiger partial charge in [0.1, 0.15) is 12.3 Å². The van der Waals surface area contributed by atoms with E-state index in [0.717, 1.165) is 16.8 Å². The van der Waals surface area contributed by atoms with Gasteiger partial charge in [-0.1, -0.05) is 29.8 Å². The summed E-state index contributed by atoms with van der Waals surface area (Å²) in [4.78, 5) is 26.0. The van der Waals surface area contributed by atoms with Gasteiger partial charge in [-0.15, -0.1) is 0 Å². The van der Waals surface area contributed by atoms with Crippen molar-refractivity contribution in [2.24, 2.45) is 0 Å². The number of aryl methyl sites for hydroxylation is 2. The molecule has 2 aromatic rings. The first-order valence-corrected chi connectivity index (χ1v) is 8.29. The molecule has 2 rings (SSSR count). The van der Waals surface area contributed by atoms with E-state index in [9.17, 15) is 9.59 Å².